The Morgan fingerprint density at radius 1 is 1.27 bits per heavy atom. The van der Waals surface area contributed by atoms with Gasteiger partial charge in [0, 0.05) is 33.1 Å². The molecule has 3 rings (SSSR count). The minimum Gasteiger partial charge on any atom is -0.370 e. The third kappa shape index (κ3) is 4.14. The quantitative estimate of drug-likeness (QED) is 0.578. The number of amides is 1. The summed E-state index contributed by atoms with van der Waals surface area (Å²) in [6.07, 6.45) is 8.41. The molecule has 0 aromatic rings. The Hall–Kier alpha value is -1.26. The Morgan fingerprint density at radius 2 is 1.95 bits per heavy atom. The number of nitrogens with zero attached hydrogens (tertiary/aromatic N) is 2. The summed E-state index contributed by atoms with van der Waals surface area (Å²) < 4.78 is 0. The smallest absolute Gasteiger partial charge is 0.217 e. The van der Waals surface area contributed by atoms with Crippen molar-refractivity contribution in [3.05, 3.63) is 0 Å². The molecule has 2 aliphatic carbocycles. The number of likely N-dealkylation sites (tertiary alicyclic amines) is 1. The van der Waals surface area contributed by atoms with E-state index in [1.165, 1.54) is 25.7 Å². The summed E-state index contributed by atoms with van der Waals surface area (Å²) in [7, 11) is 1.86. The molecule has 2 saturated carbocycles. The first-order valence-electron chi connectivity index (χ1n) is 8.91. The molecule has 22 heavy (non-hydrogen) atoms. The maximum Gasteiger partial charge on any atom is 0.217 e. The summed E-state index contributed by atoms with van der Waals surface area (Å²) in [4.78, 5) is 17.9. The molecule has 0 aromatic heterocycles. The fraction of sp³-hybridized carbons (Fsp3) is 0.882. The van der Waals surface area contributed by atoms with E-state index in [1.54, 1.807) is 0 Å². The monoisotopic (exact) mass is 306 g/mol. The normalized spacial score (nSPS) is 26.4. The Morgan fingerprint density at radius 3 is 2.50 bits per heavy atom. The standard InChI is InChI=1S/C17H30N4O/c1-19-17(20-10-15(13-4-5-13)14-6-7-14)21-8-2-3-12(11-21)9-16(18)22/h12-15H,2-11H2,1H3,(H2,18,22)(H,19,20). The second kappa shape index (κ2) is 6.88. The van der Waals surface area contributed by atoms with Gasteiger partial charge in [0.25, 0.3) is 0 Å². The maximum atomic E-state index is 11.2. The highest BCUT2D eigenvalue weighted by atomic mass is 16.1. The molecule has 5 nitrogen and oxygen atoms in total. The van der Waals surface area contributed by atoms with Crippen molar-refractivity contribution in [2.24, 2.45) is 34.4 Å². The van der Waals surface area contributed by atoms with Gasteiger partial charge < -0.3 is 16.0 Å². The van der Waals surface area contributed by atoms with Gasteiger partial charge in [-0.15, -0.1) is 0 Å². The molecule has 1 heterocycles. The topological polar surface area (TPSA) is 70.7 Å². The van der Waals surface area contributed by atoms with Gasteiger partial charge in [0.15, 0.2) is 5.96 Å². The average Bonchev–Trinajstić information content (AvgIpc) is 3.37. The molecule has 1 amide bonds. The van der Waals surface area contributed by atoms with Crippen LogP contribution in [0.25, 0.3) is 0 Å². The number of hydrogen-bond donors (Lipinski definition) is 2. The number of nitrogens with one attached hydrogen (secondary N) is 1. The third-order valence-electron chi connectivity index (χ3n) is 5.47. The van der Waals surface area contributed by atoms with Crippen LogP contribution in [0.5, 0.6) is 0 Å². The van der Waals surface area contributed by atoms with Crippen LogP contribution in [0.4, 0.5) is 0 Å². The first-order chi connectivity index (χ1) is 10.7. The van der Waals surface area contributed by atoms with E-state index in [2.05, 4.69) is 15.2 Å². The second-order valence-corrected chi connectivity index (χ2v) is 7.39. The first-order valence-corrected chi connectivity index (χ1v) is 8.91. The molecule has 3 aliphatic rings. The van der Waals surface area contributed by atoms with Crippen LogP contribution in [0.1, 0.15) is 44.9 Å². The van der Waals surface area contributed by atoms with Gasteiger partial charge in [-0.3, -0.25) is 9.79 Å². The number of primary amides is 1. The lowest BCUT2D eigenvalue weighted by molar-refractivity contribution is -0.119. The molecule has 1 aliphatic heterocycles. The van der Waals surface area contributed by atoms with E-state index < -0.39 is 0 Å². The SMILES string of the molecule is CN=C(NCC(C1CC1)C1CC1)N1CCCC(CC(N)=O)C1. The molecule has 5 heteroatoms. The zero-order valence-corrected chi connectivity index (χ0v) is 13.8. The molecule has 3 fully saturated rings. The summed E-state index contributed by atoms with van der Waals surface area (Å²) >= 11 is 0. The molecular formula is C17H30N4O. The van der Waals surface area contributed by atoms with Gasteiger partial charge in [-0.1, -0.05) is 0 Å². The van der Waals surface area contributed by atoms with Crippen molar-refractivity contribution in [2.75, 3.05) is 26.7 Å². The predicted molar refractivity (Wildman–Crippen MR) is 88.4 cm³/mol. The van der Waals surface area contributed by atoms with Gasteiger partial charge in [-0.05, 0) is 62.2 Å². The first kappa shape index (κ1) is 15.6. The van der Waals surface area contributed by atoms with Crippen LogP contribution in [0.15, 0.2) is 4.99 Å². The molecule has 3 N–H and O–H groups in total. The van der Waals surface area contributed by atoms with Crippen LogP contribution in [-0.2, 0) is 4.79 Å². The lowest BCUT2D eigenvalue weighted by atomic mass is 9.94. The van der Waals surface area contributed by atoms with Crippen molar-refractivity contribution in [2.45, 2.75) is 44.9 Å². The van der Waals surface area contributed by atoms with Gasteiger partial charge in [0.2, 0.25) is 5.91 Å². The van der Waals surface area contributed by atoms with E-state index in [0.29, 0.717) is 12.3 Å². The molecule has 124 valence electrons. The van der Waals surface area contributed by atoms with Crippen LogP contribution >= 0.6 is 0 Å². The number of carbonyl (C=O) groups is 1. The van der Waals surface area contributed by atoms with Gasteiger partial charge in [-0.2, -0.15) is 0 Å². The van der Waals surface area contributed by atoms with E-state index in [-0.39, 0.29) is 5.91 Å². The summed E-state index contributed by atoms with van der Waals surface area (Å²) in [6, 6.07) is 0. The van der Waals surface area contributed by atoms with Crippen molar-refractivity contribution < 1.29 is 4.79 Å². The summed E-state index contributed by atoms with van der Waals surface area (Å²) in [5, 5.41) is 3.62. The van der Waals surface area contributed by atoms with Crippen LogP contribution in [0, 0.1) is 23.7 Å². The number of guanidine groups is 1. The third-order valence-corrected chi connectivity index (χ3v) is 5.47. The number of rotatable bonds is 6. The van der Waals surface area contributed by atoms with E-state index in [4.69, 9.17) is 5.73 Å². The van der Waals surface area contributed by atoms with Gasteiger partial charge in [-0.25, -0.2) is 0 Å². The minimum atomic E-state index is -0.183. The lowest BCUT2D eigenvalue weighted by Crippen LogP contribution is -2.48. The summed E-state index contributed by atoms with van der Waals surface area (Å²) in [5.74, 6) is 3.98. The Kier molecular flexibility index (Phi) is 4.89. The van der Waals surface area contributed by atoms with E-state index >= 15 is 0 Å². The molecule has 0 spiro atoms. The Labute approximate surface area is 133 Å². The fourth-order valence-corrected chi connectivity index (χ4v) is 4.02. The van der Waals surface area contributed by atoms with Gasteiger partial charge in [0.1, 0.15) is 0 Å². The highest BCUT2D eigenvalue weighted by Gasteiger charge is 2.41. The molecule has 0 bridgehead atoms. The Balaban J connectivity index is 1.50. The largest absolute Gasteiger partial charge is 0.370 e. The number of nitrogens with two attached hydrogens (primary N) is 1. The van der Waals surface area contributed by atoms with Crippen LogP contribution in [0.2, 0.25) is 0 Å². The zero-order chi connectivity index (χ0) is 15.5. The van der Waals surface area contributed by atoms with E-state index in [0.717, 1.165) is 56.2 Å². The van der Waals surface area contributed by atoms with Gasteiger partial charge in [0.05, 0.1) is 0 Å². The number of aliphatic imine (C=N–C) groups is 1. The number of carbonyl (C=O) groups excluding carboxylic acids is 1. The molecule has 1 saturated heterocycles. The van der Waals surface area contributed by atoms with Crippen LogP contribution in [0.3, 0.4) is 0 Å². The molecule has 0 radical (unpaired) electrons. The Bertz CT molecular complexity index is 416. The van der Waals surface area contributed by atoms with E-state index in [1.807, 2.05) is 7.05 Å². The summed E-state index contributed by atoms with van der Waals surface area (Å²) in [6.45, 7) is 3.01. The van der Waals surface area contributed by atoms with Crippen molar-refractivity contribution in [1.82, 2.24) is 10.2 Å². The van der Waals surface area contributed by atoms with E-state index in [9.17, 15) is 4.79 Å². The van der Waals surface area contributed by atoms with Crippen LogP contribution in [-0.4, -0.2) is 43.4 Å². The highest BCUT2D eigenvalue weighted by molar-refractivity contribution is 5.80. The molecule has 0 aromatic carbocycles. The lowest BCUT2D eigenvalue weighted by Gasteiger charge is -2.35. The minimum absolute atomic E-state index is 0.183. The zero-order valence-electron chi connectivity index (χ0n) is 13.8. The van der Waals surface area contributed by atoms with Crippen LogP contribution < -0.4 is 11.1 Å². The number of piperidine rings is 1. The predicted octanol–water partition coefficient (Wildman–Crippen LogP) is 1.59. The maximum absolute atomic E-state index is 11.2. The van der Waals surface area contributed by atoms with Crippen molar-refractivity contribution in [3.63, 3.8) is 0 Å². The van der Waals surface area contributed by atoms with Gasteiger partial charge >= 0.3 is 0 Å². The van der Waals surface area contributed by atoms with Crippen molar-refractivity contribution in [1.29, 1.82) is 0 Å². The summed E-state index contributed by atoms with van der Waals surface area (Å²) in [5.41, 5.74) is 5.35. The van der Waals surface area contributed by atoms with Crippen molar-refractivity contribution in [3.8, 4) is 0 Å². The average molecular weight is 306 g/mol. The highest BCUT2D eigenvalue weighted by Crippen LogP contribution is 2.48. The second-order valence-electron chi connectivity index (χ2n) is 7.39. The number of hydrogen-bond acceptors (Lipinski definition) is 2. The molecule has 1 unspecified atom stereocenters. The van der Waals surface area contributed by atoms with Crippen molar-refractivity contribution >= 4 is 11.9 Å². The fourth-order valence-electron chi connectivity index (χ4n) is 4.02. The molecular weight excluding hydrogens is 276 g/mol. The molecule has 1 atom stereocenters.